The van der Waals surface area contributed by atoms with Crippen LogP contribution in [0.5, 0.6) is 5.75 Å². The Hall–Kier alpha value is -2.83. The van der Waals surface area contributed by atoms with E-state index in [0.717, 1.165) is 29.1 Å². The Morgan fingerprint density at radius 3 is 2.84 bits per heavy atom. The van der Waals surface area contributed by atoms with Crippen molar-refractivity contribution in [1.29, 1.82) is 0 Å². The van der Waals surface area contributed by atoms with Crippen LogP contribution in [0.3, 0.4) is 0 Å². The van der Waals surface area contributed by atoms with Crippen LogP contribution >= 0.6 is 0 Å². The number of benzene rings is 1. The van der Waals surface area contributed by atoms with Gasteiger partial charge in [-0.1, -0.05) is 6.07 Å². The molecule has 0 radical (unpaired) electrons. The van der Waals surface area contributed by atoms with E-state index in [1.165, 1.54) is 0 Å². The predicted octanol–water partition coefficient (Wildman–Crippen LogP) is 2.25. The molecule has 0 saturated carbocycles. The molecule has 2 aromatic rings. The first-order valence-electron chi connectivity index (χ1n) is 8.45. The van der Waals surface area contributed by atoms with E-state index in [4.69, 9.17) is 9.84 Å². The molecule has 0 aliphatic carbocycles. The summed E-state index contributed by atoms with van der Waals surface area (Å²) in [5.41, 5.74) is 2.89. The van der Waals surface area contributed by atoms with E-state index in [9.17, 15) is 4.79 Å². The Morgan fingerprint density at radius 2 is 2.12 bits per heavy atom. The molecule has 2 atom stereocenters. The molecule has 1 aromatic carbocycles. The monoisotopic (exact) mass is 340 g/mol. The van der Waals surface area contributed by atoms with Crippen LogP contribution in [-0.4, -0.2) is 46.8 Å². The molecule has 0 bridgehead atoms. The zero-order valence-corrected chi connectivity index (χ0v) is 14.0. The summed E-state index contributed by atoms with van der Waals surface area (Å²) in [5, 5.41) is 12.4. The van der Waals surface area contributed by atoms with Gasteiger partial charge in [0, 0.05) is 31.0 Å². The molecule has 3 heterocycles. The number of hydrogen-bond donors (Lipinski definition) is 2. The number of hydrogen-bond acceptors (Lipinski definition) is 6. The van der Waals surface area contributed by atoms with E-state index in [0.29, 0.717) is 25.5 Å². The molecule has 0 spiro atoms. The summed E-state index contributed by atoms with van der Waals surface area (Å²) in [6.45, 7) is 3.97. The van der Waals surface area contributed by atoms with Gasteiger partial charge in [0.05, 0.1) is 18.2 Å². The van der Waals surface area contributed by atoms with Crippen LogP contribution < -0.4 is 15.0 Å². The predicted molar refractivity (Wildman–Crippen MR) is 94.0 cm³/mol. The van der Waals surface area contributed by atoms with Crippen LogP contribution in [0.4, 0.5) is 11.6 Å². The molecule has 7 heteroatoms. The minimum Gasteiger partial charge on any atom is -0.487 e. The highest BCUT2D eigenvalue weighted by atomic mass is 16.5. The fourth-order valence-electron chi connectivity index (χ4n) is 3.23. The third-order valence-electron chi connectivity index (χ3n) is 4.68. The lowest BCUT2D eigenvalue weighted by atomic mass is 10.1. The molecule has 0 amide bonds. The van der Waals surface area contributed by atoms with E-state index in [2.05, 4.69) is 15.3 Å². The van der Waals surface area contributed by atoms with Crippen molar-refractivity contribution >= 4 is 17.6 Å². The van der Waals surface area contributed by atoms with Gasteiger partial charge in [0.15, 0.2) is 0 Å². The number of carbonyl (C=O) groups is 1. The van der Waals surface area contributed by atoms with Gasteiger partial charge in [-0.25, -0.2) is 9.97 Å². The SMILES string of the molecule is CC1CNc2ccc(-c3cnc(N4CCC(C(=O)O)C4)nc3)cc2O1. The maximum atomic E-state index is 11.1. The molecule has 2 aliphatic heterocycles. The Kier molecular flexibility index (Phi) is 3.91. The van der Waals surface area contributed by atoms with Crippen LogP contribution in [0, 0.1) is 5.92 Å². The Bertz CT molecular complexity index is 793. The summed E-state index contributed by atoms with van der Waals surface area (Å²) >= 11 is 0. The highest BCUT2D eigenvalue weighted by molar-refractivity contribution is 5.72. The number of carboxylic acids is 1. The van der Waals surface area contributed by atoms with Crippen LogP contribution in [0.25, 0.3) is 11.1 Å². The van der Waals surface area contributed by atoms with E-state index >= 15 is 0 Å². The topological polar surface area (TPSA) is 87.6 Å². The highest BCUT2D eigenvalue weighted by Gasteiger charge is 2.29. The zero-order chi connectivity index (χ0) is 17.4. The van der Waals surface area contributed by atoms with Crippen molar-refractivity contribution < 1.29 is 14.6 Å². The van der Waals surface area contributed by atoms with Crippen LogP contribution in [-0.2, 0) is 4.79 Å². The third kappa shape index (κ3) is 3.09. The summed E-state index contributed by atoms with van der Waals surface area (Å²) in [5.74, 6) is 0.327. The van der Waals surface area contributed by atoms with Crippen LogP contribution in [0.1, 0.15) is 13.3 Å². The van der Waals surface area contributed by atoms with Gasteiger partial charge in [-0.2, -0.15) is 0 Å². The quantitative estimate of drug-likeness (QED) is 0.886. The van der Waals surface area contributed by atoms with Gasteiger partial charge < -0.3 is 20.1 Å². The van der Waals surface area contributed by atoms with E-state index in [1.807, 2.05) is 30.0 Å². The number of fused-ring (bicyclic) bond motifs is 1. The lowest BCUT2D eigenvalue weighted by Crippen LogP contribution is -2.27. The number of nitrogens with one attached hydrogen (secondary N) is 1. The number of rotatable bonds is 3. The van der Waals surface area contributed by atoms with E-state index in [-0.39, 0.29) is 12.0 Å². The lowest BCUT2D eigenvalue weighted by molar-refractivity contribution is -0.140. The van der Waals surface area contributed by atoms with Gasteiger partial charge >= 0.3 is 5.97 Å². The second-order valence-electron chi connectivity index (χ2n) is 6.56. The van der Waals surface area contributed by atoms with Gasteiger partial charge in [-0.15, -0.1) is 0 Å². The molecule has 2 N–H and O–H groups in total. The van der Waals surface area contributed by atoms with Crippen molar-refractivity contribution in [3.63, 3.8) is 0 Å². The minimum atomic E-state index is -0.754. The number of nitrogens with zero attached hydrogens (tertiary/aromatic N) is 3. The molecule has 1 fully saturated rings. The fraction of sp³-hybridized carbons (Fsp3) is 0.389. The summed E-state index contributed by atoms with van der Waals surface area (Å²) in [6, 6.07) is 6.01. The van der Waals surface area contributed by atoms with Gasteiger partial charge in [-0.05, 0) is 31.0 Å². The second-order valence-corrected chi connectivity index (χ2v) is 6.56. The van der Waals surface area contributed by atoms with Crippen molar-refractivity contribution in [2.24, 2.45) is 5.92 Å². The van der Waals surface area contributed by atoms with Gasteiger partial charge in [0.2, 0.25) is 5.95 Å². The summed E-state index contributed by atoms with van der Waals surface area (Å²) in [4.78, 5) is 21.8. The average Bonchev–Trinajstić information content (AvgIpc) is 3.12. The molecule has 7 nitrogen and oxygen atoms in total. The van der Waals surface area contributed by atoms with Crippen molar-refractivity contribution in [2.45, 2.75) is 19.4 Å². The highest BCUT2D eigenvalue weighted by Crippen LogP contribution is 2.33. The standard InChI is InChI=1S/C18H20N4O3/c1-11-7-19-15-3-2-12(6-16(15)25-11)14-8-20-18(21-9-14)22-5-4-13(10-22)17(23)24/h2-3,6,8-9,11,13,19H,4-5,7,10H2,1H3,(H,23,24). The van der Waals surface area contributed by atoms with Crippen LogP contribution in [0.15, 0.2) is 30.6 Å². The summed E-state index contributed by atoms with van der Waals surface area (Å²) < 4.78 is 5.87. The summed E-state index contributed by atoms with van der Waals surface area (Å²) in [7, 11) is 0. The van der Waals surface area contributed by atoms with E-state index in [1.54, 1.807) is 12.4 Å². The number of aliphatic carboxylic acids is 1. The minimum absolute atomic E-state index is 0.138. The third-order valence-corrected chi connectivity index (χ3v) is 4.68. The molecular weight excluding hydrogens is 320 g/mol. The number of carboxylic acid groups (broad SMARTS) is 1. The second kappa shape index (κ2) is 6.23. The smallest absolute Gasteiger partial charge is 0.308 e. The van der Waals surface area contributed by atoms with Gasteiger partial charge in [-0.3, -0.25) is 4.79 Å². The van der Waals surface area contributed by atoms with E-state index < -0.39 is 5.97 Å². The number of ether oxygens (including phenoxy) is 1. The molecule has 1 saturated heterocycles. The Labute approximate surface area is 145 Å². The van der Waals surface area contributed by atoms with Crippen molar-refractivity contribution in [3.8, 4) is 16.9 Å². The van der Waals surface area contributed by atoms with Crippen LogP contribution in [0.2, 0.25) is 0 Å². The lowest BCUT2D eigenvalue weighted by Gasteiger charge is -2.25. The van der Waals surface area contributed by atoms with Gasteiger partial charge in [0.25, 0.3) is 0 Å². The van der Waals surface area contributed by atoms with Crippen molar-refractivity contribution in [1.82, 2.24) is 9.97 Å². The molecule has 2 unspecified atom stereocenters. The molecular formula is C18H20N4O3. The molecule has 1 aromatic heterocycles. The largest absolute Gasteiger partial charge is 0.487 e. The van der Waals surface area contributed by atoms with Gasteiger partial charge in [0.1, 0.15) is 11.9 Å². The molecule has 4 rings (SSSR count). The molecule has 130 valence electrons. The summed E-state index contributed by atoms with van der Waals surface area (Å²) in [6.07, 6.45) is 4.32. The fourth-order valence-corrected chi connectivity index (χ4v) is 3.23. The Morgan fingerprint density at radius 1 is 1.32 bits per heavy atom. The number of aromatic nitrogens is 2. The zero-order valence-electron chi connectivity index (χ0n) is 14.0. The Balaban J connectivity index is 1.53. The molecule has 2 aliphatic rings. The first-order valence-corrected chi connectivity index (χ1v) is 8.45. The number of anilines is 2. The van der Waals surface area contributed by atoms with Crippen molar-refractivity contribution in [3.05, 3.63) is 30.6 Å². The average molecular weight is 340 g/mol. The normalized spacial score (nSPS) is 22.0. The first-order chi connectivity index (χ1) is 12.1. The maximum Gasteiger partial charge on any atom is 0.308 e. The first kappa shape index (κ1) is 15.7. The van der Waals surface area contributed by atoms with Crippen molar-refractivity contribution in [2.75, 3.05) is 29.9 Å². The maximum absolute atomic E-state index is 11.1. The molecule has 25 heavy (non-hydrogen) atoms.